The SMILES string of the molecule is CC(OCc1ccccc1)C(=O)N1CC(C(C)C(=O)O)C1. The highest BCUT2D eigenvalue weighted by atomic mass is 16.5. The van der Waals surface area contributed by atoms with Gasteiger partial charge in [0, 0.05) is 19.0 Å². The molecule has 2 atom stereocenters. The molecule has 0 radical (unpaired) electrons. The molecule has 0 aromatic heterocycles. The molecule has 2 unspecified atom stereocenters. The van der Waals surface area contributed by atoms with Crippen LogP contribution in [0.2, 0.25) is 0 Å². The Balaban J connectivity index is 1.75. The number of aliphatic carboxylic acids is 1. The van der Waals surface area contributed by atoms with Gasteiger partial charge in [0.1, 0.15) is 6.10 Å². The highest BCUT2D eigenvalue weighted by Gasteiger charge is 2.38. The lowest BCUT2D eigenvalue weighted by Crippen LogP contribution is -2.56. The van der Waals surface area contributed by atoms with Gasteiger partial charge in [-0.25, -0.2) is 0 Å². The molecule has 1 aromatic carbocycles. The lowest BCUT2D eigenvalue weighted by molar-refractivity contribution is -0.156. The van der Waals surface area contributed by atoms with E-state index in [2.05, 4.69) is 0 Å². The highest BCUT2D eigenvalue weighted by Crippen LogP contribution is 2.25. The second kappa shape index (κ2) is 6.72. The molecular formula is C16H21NO4. The molecule has 114 valence electrons. The van der Waals surface area contributed by atoms with Crippen LogP contribution in [0.4, 0.5) is 0 Å². The van der Waals surface area contributed by atoms with Crippen LogP contribution in [0.15, 0.2) is 30.3 Å². The second-order valence-corrected chi connectivity index (χ2v) is 5.57. The monoisotopic (exact) mass is 291 g/mol. The van der Waals surface area contributed by atoms with Gasteiger partial charge in [-0.3, -0.25) is 9.59 Å². The minimum Gasteiger partial charge on any atom is -0.481 e. The van der Waals surface area contributed by atoms with E-state index < -0.39 is 18.0 Å². The first-order valence-electron chi connectivity index (χ1n) is 7.16. The van der Waals surface area contributed by atoms with Gasteiger partial charge in [0.05, 0.1) is 12.5 Å². The number of carbonyl (C=O) groups is 2. The van der Waals surface area contributed by atoms with Crippen molar-refractivity contribution in [3.05, 3.63) is 35.9 Å². The third-order valence-corrected chi connectivity index (χ3v) is 4.01. The van der Waals surface area contributed by atoms with Crippen molar-refractivity contribution in [3.63, 3.8) is 0 Å². The number of amides is 1. The quantitative estimate of drug-likeness (QED) is 0.867. The zero-order chi connectivity index (χ0) is 15.4. The summed E-state index contributed by atoms with van der Waals surface area (Å²) in [5.41, 5.74) is 1.03. The average Bonchev–Trinajstić information content (AvgIpc) is 2.43. The van der Waals surface area contributed by atoms with Crippen molar-refractivity contribution in [2.45, 2.75) is 26.6 Å². The Morgan fingerprint density at radius 3 is 2.48 bits per heavy atom. The molecule has 1 N–H and O–H groups in total. The van der Waals surface area contributed by atoms with E-state index in [9.17, 15) is 9.59 Å². The fourth-order valence-electron chi connectivity index (χ4n) is 2.33. The van der Waals surface area contributed by atoms with Crippen LogP contribution < -0.4 is 0 Å². The Morgan fingerprint density at radius 1 is 1.29 bits per heavy atom. The van der Waals surface area contributed by atoms with Crippen molar-refractivity contribution in [2.24, 2.45) is 11.8 Å². The van der Waals surface area contributed by atoms with E-state index in [1.165, 1.54) is 0 Å². The Bertz CT molecular complexity index is 496. The van der Waals surface area contributed by atoms with Gasteiger partial charge < -0.3 is 14.7 Å². The lowest BCUT2D eigenvalue weighted by atomic mass is 9.87. The molecule has 21 heavy (non-hydrogen) atoms. The number of hydrogen-bond donors (Lipinski definition) is 1. The van der Waals surface area contributed by atoms with Gasteiger partial charge in [0.2, 0.25) is 0 Å². The van der Waals surface area contributed by atoms with Gasteiger partial charge in [0.25, 0.3) is 5.91 Å². The molecule has 1 heterocycles. The summed E-state index contributed by atoms with van der Waals surface area (Å²) in [6.07, 6.45) is -0.508. The zero-order valence-corrected chi connectivity index (χ0v) is 12.4. The molecule has 0 saturated carbocycles. The van der Waals surface area contributed by atoms with Crippen LogP contribution in [0, 0.1) is 11.8 Å². The van der Waals surface area contributed by atoms with E-state index in [0.717, 1.165) is 5.56 Å². The van der Waals surface area contributed by atoms with Crippen LogP contribution in [-0.4, -0.2) is 41.1 Å². The van der Waals surface area contributed by atoms with Gasteiger partial charge in [-0.1, -0.05) is 37.3 Å². The largest absolute Gasteiger partial charge is 0.481 e. The summed E-state index contributed by atoms with van der Waals surface area (Å²) in [7, 11) is 0. The highest BCUT2D eigenvalue weighted by molar-refractivity contribution is 5.81. The predicted molar refractivity (Wildman–Crippen MR) is 77.6 cm³/mol. The number of rotatable bonds is 6. The smallest absolute Gasteiger partial charge is 0.306 e. The third-order valence-electron chi connectivity index (χ3n) is 4.01. The van der Waals surface area contributed by atoms with Gasteiger partial charge in [-0.2, -0.15) is 0 Å². The lowest BCUT2D eigenvalue weighted by Gasteiger charge is -2.42. The van der Waals surface area contributed by atoms with Crippen molar-refractivity contribution < 1.29 is 19.4 Å². The molecular weight excluding hydrogens is 270 g/mol. The standard InChI is InChI=1S/C16H21NO4/c1-11(16(19)20)14-8-17(9-14)15(18)12(2)21-10-13-6-4-3-5-7-13/h3-7,11-12,14H,8-10H2,1-2H3,(H,19,20). The average molecular weight is 291 g/mol. The van der Waals surface area contributed by atoms with Crippen LogP contribution in [0.3, 0.4) is 0 Å². The number of hydrogen-bond acceptors (Lipinski definition) is 3. The van der Waals surface area contributed by atoms with E-state index in [1.54, 1.807) is 18.7 Å². The number of nitrogens with zero attached hydrogens (tertiary/aromatic N) is 1. The van der Waals surface area contributed by atoms with Crippen molar-refractivity contribution in [2.75, 3.05) is 13.1 Å². The van der Waals surface area contributed by atoms with Crippen LogP contribution >= 0.6 is 0 Å². The summed E-state index contributed by atoms with van der Waals surface area (Å²) >= 11 is 0. The van der Waals surface area contributed by atoms with E-state index >= 15 is 0 Å². The molecule has 1 aromatic rings. The van der Waals surface area contributed by atoms with Gasteiger partial charge in [-0.15, -0.1) is 0 Å². The summed E-state index contributed by atoms with van der Waals surface area (Å²) in [5.74, 6) is -1.23. The maximum Gasteiger partial charge on any atom is 0.306 e. The molecule has 1 aliphatic heterocycles. The normalized spacial score (nSPS) is 17.9. The summed E-state index contributed by atoms with van der Waals surface area (Å²) in [6, 6.07) is 9.69. The zero-order valence-electron chi connectivity index (χ0n) is 12.4. The number of benzene rings is 1. The first-order chi connectivity index (χ1) is 9.99. The fourth-order valence-corrected chi connectivity index (χ4v) is 2.33. The molecule has 1 amide bonds. The van der Waals surface area contributed by atoms with Crippen LogP contribution in [0.5, 0.6) is 0 Å². The van der Waals surface area contributed by atoms with Crippen molar-refractivity contribution in [1.82, 2.24) is 4.90 Å². The second-order valence-electron chi connectivity index (χ2n) is 5.57. The Kier molecular flexibility index (Phi) is 4.96. The van der Waals surface area contributed by atoms with E-state index in [4.69, 9.17) is 9.84 Å². The summed E-state index contributed by atoms with van der Waals surface area (Å²) in [6.45, 7) is 4.83. The van der Waals surface area contributed by atoms with E-state index in [1.807, 2.05) is 30.3 Å². The van der Waals surface area contributed by atoms with Crippen LogP contribution in [0.25, 0.3) is 0 Å². The number of carbonyl (C=O) groups excluding carboxylic acids is 1. The molecule has 0 spiro atoms. The molecule has 2 rings (SSSR count). The van der Waals surface area contributed by atoms with Crippen LogP contribution in [0.1, 0.15) is 19.4 Å². The molecule has 5 heteroatoms. The molecule has 1 saturated heterocycles. The summed E-state index contributed by atoms with van der Waals surface area (Å²) in [4.78, 5) is 24.7. The molecule has 0 aliphatic carbocycles. The minimum atomic E-state index is -0.805. The third kappa shape index (κ3) is 3.82. The topological polar surface area (TPSA) is 66.8 Å². The number of ether oxygens (including phenoxy) is 1. The summed E-state index contributed by atoms with van der Waals surface area (Å²) in [5, 5.41) is 8.93. The van der Waals surface area contributed by atoms with Crippen molar-refractivity contribution in [1.29, 1.82) is 0 Å². The van der Waals surface area contributed by atoms with Gasteiger partial charge in [-0.05, 0) is 12.5 Å². The van der Waals surface area contributed by atoms with E-state index in [-0.39, 0.29) is 11.8 Å². The minimum absolute atomic E-state index is 0.0489. The van der Waals surface area contributed by atoms with Gasteiger partial charge >= 0.3 is 5.97 Å². The predicted octanol–water partition coefficient (Wildman–Crippen LogP) is 1.77. The maximum atomic E-state index is 12.1. The Morgan fingerprint density at radius 2 is 1.90 bits per heavy atom. The van der Waals surface area contributed by atoms with Crippen molar-refractivity contribution in [3.8, 4) is 0 Å². The Hall–Kier alpha value is -1.88. The first-order valence-corrected chi connectivity index (χ1v) is 7.16. The van der Waals surface area contributed by atoms with Crippen molar-refractivity contribution >= 4 is 11.9 Å². The van der Waals surface area contributed by atoms with E-state index in [0.29, 0.717) is 19.7 Å². The number of carboxylic acid groups (broad SMARTS) is 1. The number of carboxylic acids is 1. The fraction of sp³-hybridized carbons (Fsp3) is 0.500. The summed E-state index contributed by atoms with van der Waals surface area (Å²) < 4.78 is 5.58. The number of likely N-dealkylation sites (tertiary alicyclic amines) is 1. The maximum absolute atomic E-state index is 12.1. The molecule has 1 fully saturated rings. The Labute approximate surface area is 124 Å². The van der Waals surface area contributed by atoms with Crippen LogP contribution in [-0.2, 0) is 20.9 Å². The first kappa shape index (κ1) is 15.5. The molecule has 1 aliphatic rings. The van der Waals surface area contributed by atoms with Gasteiger partial charge in [0.15, 0.2) is 0 Å². The molecule has 0 bridgehead atoms. The molecule has 5 nitrogen and oxygen atoms in total.